The standard InChI is InChI=1S/C17H34N2/c1-4-14-8-10-15(11-9-14)16(18)17(19(2)3)12-6-5-7-13-17/h14-16H,4-13,18H2,1-3H3. The molecule has 112 valence electrons. The Labute approximate surface area is 120 Å². The van der Waals surface area contributed by atoms with Crippen molar-refractivity contribution in [2.24, 2.45) is 17.6 Å². The molecular formula is C17H34N2. The second-order valence-corrected chi connectivity index (χ2v) is 7.27. The quantitative estimate of drug-likeness (QED) is 0.838. The van der Waals surface area contributed by atoms with E-state index in [0.29, 0.717) is 11.6 Å². The van der Waals surface area contributed by atoms with Gasteiger partial charge in [-0.25, -0.2) is 0 Å². The number of nitrogens with two attached hydrogens (primary N) is 1. The molecule has 1 atom stereocenters. The van der Waals surface area contributed by atoms with E-state index in [-0.39, 0.29) is 0 Å². The Hall–Kier alpha value is -0.0800. The maximum Gasteiger partial charge on any atom is 0.0357 e. The molecule has 1 unspecified atom stereocenters. The van der Waals surface area contributed by atoms with E-state index in [9.17, 15) is 0 Å². The van der Waals surface area contributed by atoms with Crippen molar-refractivity contribution < 1.29 is 0 Å². The molecule has 2 rings (SSSR count). The van der Waals surface area contributed by atoms with Crippen molar-refractivity contribution in [3.63, 3.8) is 0 Å². The lowest BCUT2D eigenvalue weighted by molar-refractivity contribution is 0.0366. The Morgan fingerprint density at radius 1 is 1.05 bits per heavy atom. The second-order valence-electron chi connectivity index (χ2n) is 7.27. The first-order valence-corrected chi connectivity index (χ1v) is 8.53. The zero-order chi connectivity index (χ0) is 13.9. The third kappa shape index (κ3) is 3.16. The summed E-state index contributed by atoms with van der Waals surface area (Å²) in [6, 6.07) is 0.389. The summed E-state index contributed by atoms with van der Waals surface area (Å²) in [6.07, 6.45) is 13.7. The Morgan fingerprint density at radius 2 is 1.63 bits per heavy atom. The number of hydrogen-bond donors (Lipinski definition) is 1. The lowest BCUT2D eigenvalue weighted by Gasteiger charge is -2.50. The Kier molecular flexibility index (Phi) is 5.30. The summed E-state index contributed by atoms with van der Waals surface area (Å²) in [6.45, 7) is 2.34. The lowest BCUT2D eigenvalue weighted by Crippen LogP contribution is -2.61. The molecule has 19 heavy (non-hydrogen) atoms. The molecular weight excluding hydrogens is 232 g/mol. The predicted molar refractivity (Wildman–Crippen MR) is 83.2 cm³/mol. The van der Waals surface area contributed by atoms with Crippen LogP contribution in [0.2, 0.25) is 0 Å². The molecule has 0 heterocycles. The molecule has 0 radical (unpaired) electrons. The minimum absolute atomic E-state index is 0.294. The highest BCUT2D eigenvalue weighted by atomic mass is 15.2. The van der Waals surface area contributed by atoms with Gasteiger partial charge in [-0.2, -0.15) is 0 Å². The first-order valence-electron chi connectivity index (χ1n) is 8.53. The molecule has 0 aromatic rings. The molecule has 0 amide bonds. The molecule has 0 aromatic carbocycles. The number of rotatable bonds is 4. The van der Waals surface area contributed by atoms with E-state index in [2.05, 4.69) is 25.9 Å². The normalized spacial score (nSPS) is 33.3. The summed E-state index contributed by atoms with van der Waals surface area (Å²) in [5, 5.41) is 0. The fourth-order valence-electron chi connectivity index (χ4n) is 4.64. The molecule has 2 heteroatoms. The molecule has 2 saturated carbocycles. The third-order valence-corrected chi connectivity index (χ3v) is 6.21. The largest absolute Gasteiger partial charge is 0.326 e. The highest BCUT2D eigenvalue weighted by Crippen LogP contribution is 2.41. The van der Waals surface area contributed by atoms with Crippen LogP contribution < -0.4 is 5.73 Å². The van der Waals surface area contributed by atoms with E-state index in [1.807, 2.05) is 0 Å². The third-order valence-electron chi connectivity index (χ3n) is 6.21. The van der Waals surface area contributed by atoms with Crippen LogP contribution >= 0.6 is 0 Å². The fourth-order valence-corrected chi connectivity index (χ4v) is 4.64. The zero-order valence-corrected chi connectivity index (χ0v) is 13.3. The van der Waals surface area contributed by atoms with Crippen LogP contribution in [0.25, 0.3) is 0 Å². The van der Waals surface area contributed by atoms with Crippen LogP contribution in [-0.2, 0) is 0 Å². The minimum atomic E-state index is 0.294. The van der Waals surface area contributed by atoms with E-state index < -0.39 is 0 Å². The van der Waals surface area contributed by atoms with Crippen molar-refractivity contribution >= 4 is 0 Å². The number of hydrogen-bond acceptors (Lipinski definition) is 2. The first-order chi connectivity index (χ1) is 9.10. The molecule has 2 aliphatic carbocycles. The van der Waals surface area contributed by atoms with E-state index >= 15 is 0 Å². The molecule has 2 aliphatic rings. The molecule has 2 fully saturated rings. The maximum atomic E-state index is 6.80. The molecule has 2 nitrogen and oxygen atoms in total. The van der Waals surface area contributed by atoms with Crippen molar-refractivity contribution in [3.05, 3.63) is 0 Å². The Balaban J connectivity index is 2.01. The summed E-state index contributed by atoms with van der Waals surface area (Å²) in [5.74, 6) is 1.74. The first kappa shape index (κ1) is 15.3. The van der Waals surface area contributed by atoms with Crippen molar-refractivity contribution in [2.75, 3.05) is 14.1 Å². The summed E-state index contributed by atoms with van der Waals surface area (Å²) in [7, 11) is 4.51. The summed E-state index contributed by atoms with van der Waals surface area (Å²) >= 11 is 0. The van der Waals surface area contributed by atoms with E-state index in [0.717, 1.165) is 11.8 Å². The van der Waals surface area contributed by atoms with Gasteiger partial charge in [0.2, 0.25) is 0 Å². The van der Waals surface area contributed by atoms with Crippen LogP contribution in [-0.4, -0.2) is 30.6 Å². The lowest BCUT2D eigenvalue weighted by atomic mass is 9.67. The van der Waals surface area contributed by atoms with Gasteiger partial charge < -0.3 is 10.6 Å². The monoisotopic (exact) mass is 266 g/mol. The predicted octanol–water partition coefficient (Wildman–Crippen LogP) is 3.79. The van der Waals surface area contributed by atoms with Gasteiger partial charge in [0.1, 0.15) is 0 Å². The zero-order valence-electron chi connectivity index (χ0n) is 13.3. The molecule has 0 aliphatic heterocycles. The maximum absolute atomic E-state index is 6.80. The van der Waals surface area contributed by atoms with Gasteiger partial charge in [-0.05, 0) is 51.6 Å². The van der Waals surface area contributed by atoms with Gasteiger partial charge in [0, 0.05) is 11.6 Å². The fraction of sp³-hybridized carbons (Fsp3) is 1.00. The van der Waals surface area contributed by atoms with Gasteiger partial charge in [-0.3, -0.25) is 0 Å². The van der Waals surface area contributed by atoms with Crippen molar-refractivity contribution in [1.82, 2.24) is 4.90 Å². The summed E-state index contributed by atoms with van der Waals surface area (Å²) < 4.78 is 0. The van der Waals surface area contributed by atoms with Crippen LogP contribution in [0.4, 0.5) is 0 Å². The highest BCUT2D eigenvalue weighted by molar-refractivity contribution is 5.02. The van der Waals surface area contributed by atoms with Gasteiger partial charge >= 0.3 is 0 Å². The average Bonchev–Trinajstić information content (AvgIpc) is 2.47. The van der Waals surface area contributed by atoms with Crippen molar-refractivity contribution in [2.45, 2.75) is 82.7 Å². The Morgan fingerprint density at radius 3 is 2.11 bits per heavy atom. The van der Waals surface area contributed by atoms with Crippen LogP contribution in [0.5, 0.6) is 0 Å². The van der Waals surface area contributed by atoms with E-state index in [4.69, 9.17) is 5.73 Å². The minimum Gasteiger partial charge on any atom is -0.326 e. The molecule has 2 N–H and O–H groups in total. The Bertz CT molecular complexity index is 260. The molecule has 0 saturated heterocycles. The van der Waals surface area contributed by atoms with Crippen molar-refractivity contribution in [1.29, 1.82) is 0 Å². The van der Waals surface area contributed by atoms with Crippen molar-refractivity contribution in [3.8, 4) is 0 Å². The van der Waals surface area contributed by atoms with Gasteiger partial charge in [0.15, 0.2) is 0 Å². The topological polar surface area (TPSA) is 29.3 Å². The second kappa shape index (κ2) is 6.58. The van der Waals surface area contributed by atoms with Gasteiger partial charge in [0.05, 0.1) is 0 Å². The molecule has 0 aromatic heterocycles. The number of likely N-dealkylation sites (N-methyl/N-ethyl adjacent to an activating group) is 1. The van der Waals surface area contributed by atoms with Crippen LogP contribution in [0.3, 0.4) is 0 Å². The van der Waals surface area contributed by atoms with Gasteiger partial charge in [-0.15, -0.1) is 0 Å². The van der Waals surface area contributed by atoms with Gasteiger partial charge in [-0.1, -0.05) is 45.4 Å². The summed E-state index contributed by atoms with van der Waals surface area (Å²) in [4.78, 5) is 2.46. The highest BCUT2D eigenvalue weighted by Gasteiger charge is 2.43. The van der Waals surface area contributed by atoms with Crippen LogP contribution in [0.15, 0.2) is 0 Å². The smallest absolute Gasteiger partial charge is 0.0357 e. The van der Waals surface area contributed by atoms with Crippen LogP contribution in [0.1, 0.15) is 71.1 Å². The molecule has 0 bridgehead atoms. The van der Waals surface area contributed by atoms with Crippen LogP contribution in [0, 0.1) is 11.8 Å². The SMILES string of the molecule is CCC1CCC(C(N)C2(N(C)C)CCCCC2)CC1. The van der Waals surface area contributed by atoms with E-state index in [1.54, 1.807) is 0 Å². The van der Waals surface area contributed by atoms with Gasteiger partial charge in [0.25, 0.3) is 0 Å². The molecule has 0 spiro atoms. The average molecular weight is 266 g/mol. The number of nitrogens with zero attached hydrogens (tertiary/aromatic N) is 1. The van der Waals surface area contributed by atoms with E-state index in [1.165, 1.54) is 64.2 Å². The summed E-state index contributed by atoms with van der Waals surface area (Å²) in [5.41, 5.74) is 7.10.